The lowest BCUT2D eigenvalue weighted by molar-refractivity contribution is -0.137. The van der Waals surface area contributed by atoms with Gasteiger partial charge in [-0.3, -0.25) is 4.79 Å². The minimum Gasteiger partial charge on any atom is -0.335 e. The maximum absolute atomic E-state index is 12.7. The number of amides is 1. The number of hydrogen-bond acceptors (Lipinski definition) is 2. The monoisotopic (exact) mass is 258 g/mol. The Morgan fingerprint density at radius 3 is 2.47 bits per heavy atom. The lowest BCUT2D eigenvalue weighted by Gasteiger charge is -2.27. The fourth-order valence-corrected chi connectivity index (χ4v) is 3.06. The summed E-state index contributed by atoms with van der Waals surface area (Å²) in [6, 6.07) is 10.8. The number of benzene rings is 1. The van der Waals surface area contributed by atoms with Crippen LogP contribution in [0.25, 0.3) is 0 Å². The van der Waals surface area contributed by atoms with Gasteiger partial charge in [0.15, 0.2) is 0 Å². The Bertz CT molecular complexity index is 441. The molecule has 0 aliphatic heterocycles. The summed E-state index contributed by atoms with van der Waals surface area (Å²) in [5.74, 6) is 0.348. The fourth-order valence-electron chi connectivity index (χ4n) is 3.06. The van der Waals surface area contributed by atoms with E-state index in [4.69, 9.17) is 5.73 Å². The average Bonchev–Trinajstić information content (AvgIpc) is 3.18. The maximum atomic E-state index is 12.7. The number of rotatable bonds is 4. The molecule has 1 aromatic rings. The second-order valence-electron chi connectivity index (χ2n) is 5.88. The fraction of sp³-hybridized carbons (Fsp3) is 0.562. The molecule has 3 nitrogen and oxygen atoms in total. The molecule has 2 saturated carbocycles. The van der Waals surface area contributed by atoms with Gasteiger partial charge in [0.1, 0.15) is 0 Å². The molecule has 102 valence electrons. The molecular formula is C16H22N2O. The number of hydrogen-bond donors (Lipinski definition) is 1. The van der Waals surface area contributed by atoms with Gasteiger partial charge in [0, 0.05) is 18.6 Å². The van der Waals surface area contributed by atoms with Crippen LogP contribution in [0.4, 0.5) is 0 Å². The van der Waals surface area contributed by atoms with Crippen LogP contribution < -0.4 is 5.73 Å². The second-order valence-corrected chi connectivity index (χ2v) is 5.88. The van der Waals surface area contributed by atoms with Crippen LogP contribution in [-0.2, 0) is 11.3 Å². The van der Waals surface area contributed by atoms with E-state index in [9.17, 15) is 4.79 Å². The van der Waals surface area contributed by atoms with Crippen molar-refractivity contribution in [3.63, 3.8) is 0 Å². The quantitative estimate of drug-likeness (QED) is 0.900. The highest BCUT2D eigenvalue weighted by Crippen LogP contribution is 2.33. The SMILES string of the molecule is NC1CCCC1C(=O)N(Cc1ccccc1)C1CC1. The molecule has 0 aromatic heterocycles. The topological polar surface area (TPSA) is 46.3 Å². The number of nitrogens with two attached hydrogens (primary N) is 1. The summed E-state index contributed by atoms with van der Waals surface area (Å²) in [4.78, 5) is 14.8. The molecular weight excluding hydrogens is 236 g/mol. The Labute approximate surface area is 114 Å². The summed E-state index contributed by atoms with van der Waals surface area (Å²) in [6.07, 6.45) is 5.38. The number of carbonyl (C=O) groups excluding carboxylic acids is 1. The Hall–Kier alpha value is -1.35. The summed E-state index contributed by atoms with van der Waals surface area (Å²) in [5.41, 5.74) is 7.30. The highest BCUT2D eigenvalue weighted by atomic mass is 16.2. The minimum atomic E-state index is 0.0595. The van der Waals surface area contributed by atoms with E-state index >= 15 is 0 Å². The minimum absolute atomic E-state index is 0.0595. The van der Waals surface area contributed by atoms with E-state index in [1.165, 1.54) is 5.56 Å². The Morgan fingerprint density at radius 1 is 1.16 bits per heavy atom. The van der Waals surface area contributed by atoms with E-state index in [2.05, 4.69) is 17.0 Å². The van der Waals surface area contributed by atoms with Crippen molar-refractivity contribution >= 4 is 5.91 Å². The van der Waals surface area contributed by atoms with Crippen LogP contribution in [0.15, 0.2) is 30.3 Å². The van der Waals surface area contributed by atoms with Gasteiger partial charge in [-0.2, -0.15) is 0 Å². The van der Waals surface area contributed by atoms with E-state index < -0.39 is 0 Å². The van der Waals surface area contributed by atoms with E-state index in [0.29, 0.717) is 6.04 Å². The molecule has 2 unspecified atom stereocenters. The predicted octanol–water partition coefficient (Wildman–Crippen LogP) is 2.30. The van der Waals surface area contributed by atoms with Crippen LogP contribution in [0.3, 0.4) is 0 Å². The molecule has 2 fully saturated rings. The summed E-state index contributed by atoms with van der Waals surface area (Å²) in [5, 5.41) is 0. The van der Waals surface area contributed by atoms with Gasteiger partial charge in [-0.05, 0) is 31.2 Å². The number of nitrogens with zero attached hydrogens (tertiary/aromatic N) is 1. The molecule has 0 radical (unpaired) electrons. The van der Waals surface area contributed by atoms with Crippen molar-refractivity contribution in [2.24, 2.45) is 11.7 Å². The van der Waals surface area contributed by atoms with Gasteiger partial charge in [-0.25, -0.2) is 0 Å². The van der Waals surface area contributed by atoms with Crippen molar-refractivity contribution in [3.8, 4) is 0 Å². The first kappa shape index (κ1) is 12.7. The highest BCUT2D eigenvalue weighted by molar-refractivity contribution is 5.80. The van der Waals surface area contributed by atoms with Gasteiger partial charge in [-0.15, -0.1) is 0 Å². The first-order valence-electron chi connectivity index (χ1n) is 7.35. The normalized spacial score (nSPS) is 26.4. The first-order chi connectivity index (χ1) is 9.25. The molecule has 3 rings (SSSR count). The lowest BCUT2D eigenvalue weighted by atomic mass is 10.0. The second kappa shape index (κ2) is 5.33. The third kappa shape index (κ3) is 2.81. The number of carbonyl (C=O) groups is 1. The van der Waals surface area contributed by atoms with Crippen LogP contribution in [0.2, 0.25) is 0 Å². The van der Waals surface area contributed by atoms with Gasteiger partial charge in [0.2, 0.25) is 5.91 Å². The van der Waals surface area contributed by atoms with E-state index in [1.54, 1.807) is 0 Å². The summed E-state index contributed by atoms with van der Waals surface area (Å²) >= 11 is 0. The maximum Gasteiger partial charge on any atom is 0.227 e. The molecule has 0 bridgehead atoms. The molecule has 2 aliphatic rings. The third-order valence-corrected chi connectivity index (χ3v) is 4.35. The van der Waals surface area contributed by atoms with Gasteiger partial charge in [-0.1, -0.05) is 36.8 Å². The Balaban J connectivity index is 1.72. The predicted molar refractivity (Wildman–Crippen MR) is 75.3 cm³/mol. The Kier molecular flexibility index (Phi) is 3.56. The standard InChI is InChI=1S/C16H22N2O/c17-15-8-4-7-14(15)16(19)18(13-9-10-13)11-12-5-2-1-3-6-12/h1-3,5-6,13-15H,4,7-11,17H2. The van der Waals surface area contributed by atoms with Gasteiger partial charge in [0.05, 0.1) is 5.92 Å². The molecule has 1 aromatic carbocycles. The molecule has 0 heterocycles. The zero-order valence-corrected chi connectivity index (χ0v) is 11.3. The zero-order chi connectivity index (χ0) is 13.2. The van der Waals surface area contributed by atoms with E-state index in [1.807, 2.05) is 18.2 Å². The van der Waals surface area contributed by atoms with Crippen LogP contribution in [0.5, 0.6) is 0 Å². The molecule has 2 aliphatic carbocycles. The van der Waals surface area contributed by atoms with Crippen molar-refractivity contribution < 1.29 is 4.79 Å². The first-order valence-corrected chi connectivity index (χ1v) is 7.35. The highest BCUT2D eigenvalue weighted by Gasteiger charge is 2.39. The smallest absolute Gasteiger partial charge is 0.227 e. The van der Waals surface area contributed by atoms with Crippen LogP contribution in [0, 0.1) is 5.92 Å². The van der Waals surface area contributed by atoms with E-state index in [-0.39, 0.29) is 17.9 Å². The van der Waals surface area contributed by atoms with Crippen molar-refractivity contribution in [2.45, 2.75) is 50.7 Å². The third-order valence-electron chi connectivity index (χ3n) is 4.35. The zero-order valence-electron chi connectivity index (χ0n) is 11.3. The molecule has 2 atom stereocenters. The summed E-state index contributed by atoms with van der Waals surface area (Å²) < 4.78 is 0. The Morgan fingerprint density at radius 2 is 1.89 bits per heavy atom. The molecule has 1 amide bonds. The van der Waals surface area contributed by atoms with Crippen molar-refractivity contribution in [3.05, 3.63) is 35.9 Å². The molecule has 2 N–H and O–H groups in total. The van der Waals surface area contributed by atoms with E-state index in [0.717, 1.165) is 38.6 Å². The van der Waals surface area contributed by atoms with Gasteiger partial charge in [0.25, 0.3) is 0 Å². The van der Waals surface area contributed by atoms with Crippen molar-refractivity contribution in [2.75, 3.05) is 0 Å². The average molecular weight is 258 g/mol. The van der Waals surface area contributed by atoms with Gasteiger partial charge >= 0.3 is 0 Å². The van der Waals surface area contributed by atoms with Gasteiger partial charge < -0.3 is 10.6 Å². The summed E-state index contributed by atoms with van der Waals surface area (Å²) in [7, 11) is 0. The lowest BCUT2D eigenvalue weighted by Crippen LogP contribution is -2.42. The summed E-state index contributed by atoms with van der Waals surface area (Å²) in [6.45, 7) is 0.744. The molecule has 19 heavy (non-hydrogen) atoms. The van der Waals surface area contributed by atoms with Crippen molar-refractivity contribution in [1.82, 2.24) is 4.90 Å². The largest absolute Gasteiger partial charge is 0.335 e. The molecule has 0 spiro atoms. The van der Waals surface area contributed by atoms with Crippen LogP contribution in [0.1, 0.15) is 37.7 Å². The molecule has 3 heteroatoms. The molecule has 0 saturated heterocycles. The van der Waals surface area contributed by atoms with Crippen LogP contribution in [-0.4, -0.2) is 22.9 Å². The van der Waals surface area contributed by atoms with Crippen LogP contribution >= 0.6 is 0 Å². The van der Waals surface area contributed by atoms with Crippen molar-refractivity contribution in [1.29, 1.82) is 0 Å².